The van der Waals surface area contributed by atoms with Crippen LogP contribution in [0.2, 0.25) is 0 Å². The molecular formula is C12H16BrNO2. The van der Waals surface area contributed by atoms with Crippen LogP contribution in [0.5, 0.6) is 5.75 Å². The number of alkyl halides is 1. The Morgan fingerprint density at radius 1 is 1.50 bits per heavy atom. The molecule has 1 unspecified atom stereocenters. The van der Waals surface area contributed by atoms with Crippen LogP contribution in [0, 0.1) is 0 Å². The van der Waals surface area contributed by atoms with Gasteiger partial charge in [0.2, 0.25) is 5.91 Å². The normalized spacial score (nSPS) is 13.2. The van der Waals surface area contributed by atoms with Crippen molar-refractivity contribution < 1.29 is 9.90 Å². The fraction of sp³-hybridized carbons (Fsp3) is 0.417. The lowest BCUT2D eigenvalue weighted by Crippen LogP contribution is -2.38. The first-order valence-corrected chi connectivity index (χ1v) is 5.89. The Labute approximate surface area is 104 Å². The molecule has 0 radical (unpaired) electrons. The number of amides is 1. The van der Waals surface area contributed by atoms with Crippen LogP contribution < -0.4 is 5.32 Å². The van der Waals surface area contributed by atoms with Crippen LogP contribution in [0.4, 0.5) is 0 Å². The Balaban J connectivity index is 2.73. The Kier molecular flexibility index (Phi) is 3.97. The zero-order valence-electron chi connectivity index (χ0n) is 9.62. The van der Waals surface area contributed by atoms with Crippen molar-refractivity contribution in [2.24, 2.45) is 0 Å². The van der Waals surface area contributed by atoms with Gasteiger partial charge in [0.15, 0.2) is 0 Å². The van der Waals surface area contributed by atoms with Gasteiger partial charge in [-0.3, -0.25) is 4.79 Å². The molecule has 0 heterocycles. The second-order valence-electron chi connectivity index (χ2n) is 4.26. The molecule has 0 spiro atoms. The Hall–Kier alpha value is -1.03. The van der Waals surface area contributed by atoms with Crippen LogP contribution in [0.1, 0.15) is 32.4 Å². The van der Waals surface area contributed by atoms with E-state index in [4.69, 9.17) is 0 Å². The van der Waals surface area contributed by atoms with Crippen LogP contribution in [0.15, 0.2) is 24.3 Å². The zero-order chi connectivity index (χ0) is 12.3. The van der Waals surface area contributed by atoms with Crippen molar-refractivity contribution in [3.8, 4) is 5.75 Å². The SMILES string of the molecule is CC(NC(=O)C(C)(C)Br)c1cccc(O)c1. The molecule has 0 fully saturated rings. The molecule has 0 aliphatic heterocycles. The standard InChI is InChI=1S/C12H16BrNO2/c1-8(14-11(16)12(2,3)13)9-5-4-6-10(15)7-9/h4-8,15H,1-3H3,(H,14,16). The number of phenols is 1. The lowest BCUT2D eigenvalue weighted by atomic mass is 10.1. The van der Waals surface area contributed by atoms with Gasteiger partial charge >= 0.3 is 0 Å². The lowest BCUT2D eigenvalue weighted by Gasteiger charge is -2.20. The highest BCUT2D eigenvalue weighted by molar-refractivity contribution is 9.10. The molecule has 0 saturated carbocycles. The van der Waals surface area contributed by atoms with E-state index in [-0.39, 0.29) is 17.7 Å². The Bertz CT molecular complexity index is 385. The molecule has 1 rings (SSSR count). The summed E-state index contributed by atoms with van der Waals surface area (Å²) in [6, 6.07) is 6.74. The number of hydrogen-bond donors (Lipinski definition) is 2. The van der Waals surface area contributed by atoms with Crippen molar-refractivity contribution in [2.75, 3.05) is 0 Å². The first kappa shape index (κ1) is 13.0. The summed E-state index contributed by atoms with van der Waals surface area (Å²) in [6.07, 6.45) is 0. The van der Waals surface area contributed by atoms with Crippen molar-refractivity contribution in [2.45, 2.75) is 31.1 Å². The molecule has 1 aromatic rings. The van der Waals surface area contributed by atoms with E-state index in [0.29, 0.717) is 0 Å². The Morgan fingerprint density at radius 2 is 2.12 bits per heavy atom. The van der Waals surface area contributed by atoms with Gasteiger partial charge in [-0.25, -0.2) is 0 Å². The molecule has 0 aromatic heterocycles. The summed E-state index contributed by atoms with van der Waals surface area (Å²) >= 11 is 3.30. The molecule has 3 nitrogen and oxygen atoms in total. The van der Waals surface area contributed by atoms with Crippen molar-refractivity contribution in [3.05, 3.63) is 29.8 Å². The minimum Gasteiger partial charge on any atom is -0.508 e. The fourth-order valence-corrected chi connectivity index (χ4v) is 1.36. The molecule has 1 atom stereocenters. The molecule has 0 aliphatic rings. The number of halogens is 1. The highest BCUT2D eigenvalue weighted by atomic mass is 79.9. The van der Waals surface area contributed by atoms with E-state index in [0.717, 1.165) is 5.56 Å². The third-order valence-electron chi connectivity index (χ3n) is 2.26. The number of hydrogen-bond acceptors (Lipinski definition) is 2. The second kappa shape index (κ2) is 4.87. The average molecular weight is 286 g/mol. The number of phenolic OH excluding ortho intramolecular Hbond substituents is 1. The zero-order valence-corrected chi connectivity index (χ0v) is 11.2. The number of nitrogens with one attached hydrogen (secondary N) is 1. The van der Waals surface area contributed by atoms with E-state index in [1.807, 2.05) is 13.0 Å². The fourth-order valence-electron chi connectivity index (χ4n) is 1.25. The van der Waals surface area contributed by atoms with Crippen LogP contribution in [0.3, 0.4) is 0 Å². The molecular weight excluding hydrogens is 270 g/mol. The molecule has 2 N–H and O–H groups in total. The summed E-state index contributed by atoms with van der Waals surface area (Å²) in [5.41, 5.74) is 0.880. The van der Waals surface area contributed by atoms with E-state index in [9.17, 15) is 9.90 Å². The van der Waals surface area contributed by atoms with Crippen molar-refractivity contribution in [1.29, 1.82) is 0 Å². The molecule has 0 saturated heterocycles. The maximum Gasteiger partial charge on any atom is 0.236 e. The molecule has 0 aliphatic carbocycles. The largest absolute Gasteiger partial charge is 0.508 e. The van der Waals surface area contributed by atoms with Gasteiger partial charge in [0.1, 0.15) is 5.75 Å². The number of benzene rings is 1. The summed E-state index contributed by atoms with van der Waals surface area (Å²) in [5.74, 6) is 0.125. The summed E-state index contributed by atoms with van der Waals surface area (Å²) in [6.45, 7) is 5.46. The van der Waals surface area contributed by atoms with E-state index < -0.39 is 4.32 Å². The minimum absolute atomic E-state index is 0.0802. The van der Waals surface area contributed by atoms with Gasteiger partial charge in [-0.15, -0.1) is 0 Å². The maximum absolute atomic E-state index is 11.7. The van der Waals surface area contributed by atoms with Crippen molar-refractivity contribution in [1.82, 2.24) is 5.32 Å². The van der Waals surface area contributed by atoms with Gasteiger partial charge in [0, 0.05) is 0 Å². The lowest BCUT2D eigenvalue weighted by molar-refractivity contribution is -0.123. The van der Waals surface area contributed by atoms with E-state index >= 15 is 0 Å². The van der Waals surface area contributed by atoms with E-state index in [1.54, 1.807) is 32.0 Å². The van der Waals surface area contributed by atoms with Crippen LogP contribution in [-0.4, -0.2) is 15.3 Å². The third kappa shape index (κ3) is 3.52. The first-order valence-electron chi connectivity index (χ1n) is 5.09. The molecule has 1 amide bonds. The first-order chi connectivity index (χ1) is 7.30. The quantitative estimate of drug-likeness (QED) is 0.839. The van der Waals surface area contributed by atoms with Gasteiger partial charge in [0.05, 0.1) is 10.4 Å². The maximum atomic E-state index is 11.7. The van der Waals surface area contributed by atoms with Gasteiger partial charge in [-0.1, -0.05) is 28.1 Å². The summed E-state index contributed by atoms with van der Waals surface area (Å²) in [5, 5.41) is 12.2. The number of rotatable bonds is 3. The highest BCUT2D eigenvalue weighted by Gasteiger charge is 2.25. The van der Waals surface area contributed by atoms with Crippen LogP contribution in [0.25, 0.3) is 0 Å². The van der Waals surface area contributed by atoms with Crippen LogP contribution in [-0.2, 0) is 4.79 Å². The van der Waals surface area contributed by atoms with Gasteiger partial charge in [0.25, 0.3) is 0 Å². The second-order valence-corrected chi connectivity index (χ2v) is 6.25. The number of carbonyl (C=O) groups excluding carboxylic acids is 1. The molecule has 4 heteroatoms. The van der Waals surface area contributed by atoms with Gasteiger partial charge in [-0.2, -0.15) is 0 Å². The monoisotopic (exact) mass is 285 g/mol. The summed E-state index contributed by atoms with van der Waals surface area (Å²) < 4.78 is -0.585. The topological polar surface area (TPSA) is 49.3 Å². The summed E-state index contributed by atoms with van der Waals surface area (Å²) in [7, 11) is 0. The van der Waals surface area contributed by atoms with Crippen molar-refractivity contribution in [3.63, 3.8) is 0 Å². The van der Waals surface area contributed by atoms with E-state index in [1.165, 1.54) is 0 Å². The molecule has 1 aromatic carbocycles. The Morgan fingerprint density at radius 3 is 2.62 bits per heavy atom. The third-order valence-corrected chi connectivity index (χ3v) is 2.62. The summed E-state index contributed by atoms with van der Waals surface area (Å²) in [4.78, 5) is 11.7. The van der Waals surface area contributed by atoms with Gasteiger partial charge < -0.3 is 10.4 Å². The predicted molar refractivity (Wildman–Crippen MR) is 67.7 cm³/mol. The molecule has 0 bridgehead atoms. The molecule has 88 valence electrons. The average Bonchev–Trinajstić information content (AvgIpc) is 2.16. The van der Waals surface area contributed by atoms with Gasteiger partial charge in [-0.05, 0) is 38.5 Å². The predicted octanol–water partition coefficient (Wildman–Crippen LogP) is 2.74. The number of aromatic hydroxyl groups is 1. The molecule has 16 heavy (non-hydrogen) atoms. The van der Waals surface area contributed by atoms with E-state index in [2.05, 4.69) is 21.2 Å². The van der Waals surface area contributed by atoms with Crippen LogP contribution >= 0.6 is 15.9 Å². The minimum atomic E-state index is -0.585. The van der Waals surface area contributed by atoms with Crippen molar-refractivity contribution >= 4 is 21.8 Å². The number of carbonyl (C=O) groups is 1. The smallest absolute Gasteiger partial charge is 0.236 e. The highest BCUT2D eigenvalue weighted by Crippen LogP contribution is 2.21.